The molecule has 0 radical (unpaired) electrons. The minimum Gasteiger partial charge on any atom is -0.466 e. The molecule has 0 amide bonds. The predicted octanol–water partition coefficient (Wildman–Crippen LogP) is 4.71. The maximum atomic E-state index is 12.8. The number of nitrogens with zero attached hydrogens (tertiary/aromatic N) is 2. The topological polar surface area (TPSA) is 94.4 Å². The lowest BCUT2D eigenvalue weighted by molar-refractivity contribution is -0.384. The SMILES string of the molecule is COC(=O)C1=C(C)NC(C)=C(c2ccnc3ccccc23)C1c1cccc([N+](=O)[O-])c1. The Morgan fingerprint density at radius 3 is 2.61 bits per heavy atom. The summed E-state index contributed by atoms with van der Waals surface area (Å²) in [6, 6.07) is 16.1. The number of nitro benzene ring substituents is 1. The van der Waals surface area contributed by atoms with Crippen LogP contribution in [-0.2, 0) is 9.53 Å². The van der Waals surface area contributed by atoms with Gasteiger partial charge in [0.1, 0.15) is 0 Å². The molecule has 1 N–H and O–H groups in total. The molecule has 2 heterocycles. The average Bonchev–Trinajstić information content (AvgIpc) is 2.78. The van der Waals surface area contributed by atoms with Crippen LogP contribution >= 0.6 is 0 Å². The lowest BCUT2D eigenvalue weighted by Gasteiger charge is -2.32. The van der Waals surface area contributed by atoms with Crippen molar-refractivity contribution < 1.29 is 14.5 Å². The maximum absolute atomic E-state index is 12.8. The highest BCUT2D eigenvalue weighted by Crippen LogP contribution is 2.45. The summed E-state index contributed by atoms with van der Waals surface area (Å²) in [6.45, 7) is 3.74. The summed E-state index contributed by atoms with van der Waals surface area (Å²) in [7, 11) is 1.33. The minimum atomic E-state index is -0.542. The Kier molecular flexibility index (Phi) is 5.25. The van der Waals surface area contributed by atoms with Gasteiger partial charge in [-0.1, -0.05) is 30.3 Å². The molecule has 1 unspecified atom stereocenters. The van der Waals surface area contributed by atoms with Crippen LogP contribution in [0.2, 0.25) is 0 Å². The fourth-order valence-electron chi connectivity index (χ4n) is 4.21. The van der Waals surface area contributed by atoms with Crippen molar-refractivity contribution >= 4 is 28.1 Å². The number of hydrogen-bond acceptors (Lipinski definition) is 6. The first-order valence-corrected chi connectivity index (χ1v) is 9.77. The molecule has 156 valence electrons. The van der Waals surface area contributed by atoms with E-state index in [-0.39, 0.29) is 5.69 Å². The van der Waals surface area contributed by atoms with Gasteiger partial charge >= 0.3 is 5.97 Å². The summed E-state index contributed by atoms with van der Waals surface area (Å²) in [6.07, 6.45) is 1.73. The molecule has 0 saturated heterocycles. The van der Waals surface area contributed by atoms with Gasteiger partial charge in [0.2, 0.25) is 0 Å². The van der Waals surface area contributed by atoms with Gasteiger partial charge in [0.15, 0.2) is 0 Å². The number of esters is 1. The van der Waals surface area contributed by atoms with E-state index >= 15 is 0 Å². The molecule has 31 heavy (non-hydrogen) atoms. The van der Waals surface area contributed by atoms with E-state index in [0.717, 1.165) is 27.7 Å². The molecule has 1 aliphatic rings. The van der Waals surface area contributed by atoms with E-state index in [0.29, 0.717) is 16.8 Å². The molecule has 4 rings (SSSR count). The van der Waals surface area contributed by atoms with Crippen molar-refractivity contribution in [3.8, 4) is 0 Å². The second kappa shape index (κ2) is 8.02. The van der Waals surface area contributed by atoms with Crippen LogP contribution in [0.25, 0.3) is 16.5 Å². The van der Waals surface area contributed by atoms with Crippen molar-refractivity contribution in [3.05, 3.63) is 99.0 Å². The minimum absolute atomic E-state index is 0.0329. The van der Waals surface area contributed by atoms with E-state index in [9.17, 15) is 14.9 Å². The second-order valence-electron chi connectivity index (χ2n) is 7.35. The first-order chi connectivity index (χ1) is 14.9. The largest absolute Gasteiger partial charge is 0.466 e. The summed E-state index contributed by atoms with van der Waals surface area (Å²) in [5, 5.41) is 15.7. The van der Waals surface area contributed by atoms with E-state index in [1.165, 1.54) is 19.2 Å². The highest BCUT2D eigenvalue weighted by Gasteiger charge is 2.35. The molecule has 1 atom stereocenters. The van der Waals surface area contributed by atoms with E-state index in [1.807, 2.05) is 44.2 Å². The third-order valence-corrected chi connectivity index (χ3v) is 5.52. The van der Waals surface area contributed by atoms with Gasteiger partial charge in [0, 0.05) is 41.0 Å². The van der Waals surface area contributed by atoms with Gasteiger partial charge in [-0.15, -0.1) is 0 Å². The number of pyridine rings is 1. The van der Waals surface area contributed by atoms with Gasteiger partial charge in [0.25, 0.3) is 5.69 Å². The fraction of sp³-hybridized carbons (Fsp3) is 0.167. The highest BCUT2D eigenvalue weighted by molar-refractivity contribution is 6.01. The number of carbonyl (C=O) groups excluding carboxylic acids is 1. The third kappa shape index (κ3) is 3.54. The van der Waals surface area contributed by atoms with Crippen LogP contribution in [-0.4, -0.2) is 23.0 Å². The van der Waals surface area contributed by atoms with Crippen molar-refractivity contribution in [3.63, 3.8) is 0 Å². The van der Waals surface area contributed by atoms with Crippen LogP contribution in [0.4, 0.5) is 5.69 Å². The van der Waals surface area contributed by atoms with Gasteiger partial charge in [-0.2, -0.15) is 0 Å². The Balaban J connectivity index is 2.02. The predicted molar refractivity (Wildman–Crippen MR) is 118 cm³/mol. The second-order valence-corrected chi connectivity index (χ2v) is 7.35. The van der Waals surface area contributed by atoms with Gasteiger partial charge in [-0.05, 0) is 42.7 Å². The maximum Gasteiger partial charge on any atom is 0.336 e. The number of para-hydroxylation sites is 1. The van der Waals surface area contributed by atoms with Gasteiger partial charge in [0.05, 0.1) is 23.1 Å². The summed E-state index contributed by atoms with van der Waals surface area (Å²) >= 11 is 0. The number of dihydropyridines is 1. The van der Waals surface area contributed by atoms with Crippen LogP contribution in [0, 0.1) is 10.1 Å². The Hall–Kier alpha value is -4.00. The third-order valence-electron chi connectivity index (χ3n) is 5.52. The van der Waals surface area contributed by atoms with Crippen molar-refractivity contribution in [2.75, 3.05) is 7.11 Å². The highest BCUT2D eigenvalue weighted by atomic mass is 16.6. The number of hydrogen-bond donors (Lipinski definition) is 1. The molecule has 1 aromatic heterocycles. The molecule has 2 aromatic carbocycles. The number of benzene rings is 2. The number of rotatable bonds is 4. The number of nitrogens with one attached hydrogen (secondary N) is 1. The fourth-order valence-corrected chi connectivity index (χ4v) is 4.21. The van der Waals surface area contributed by atoms with Crippen LogP contribution in [0.5, 0.6) is 0 Å². The molecule has 0 spiro atoms. The molecule has 3 aromatic rings. The number of fused-ring (bicyclic) bond motifs is 1. The van der Waals surface area contributed by atoms with Crippen molar-refractivity contribution in [2.24, 2.45) is 0 Å². The van der Waals surface area contributed by atoms with Crippen LogP contribution in [0.1, 0.15) is 30.9 Å². The molecule has 0 bridgehead atoms. The van der Waals surface area contributed by atoms with E-state index in [1.54, 1.807) is 18.3 Å². The van der Waals surface area contributed by atoms with E-state index in [2.05, 4.69) is 10.3 Å². The average molecular weight is 415 g/mol. The van der Waals surface area contributed by atoms with Crippen molar-refractivity contribution in [1.82, 2.24) is 10.3 Å². The zero-order chi connectivity index (χ0) is 22.1. The van der Waals surface area contributed by atoms with E-state index < -0.39 is 16.8 Å². The van der Waals surface area contributed by atoms with Crippen LogP contribution in [0.15, 0.2) is 77.8 Å². The number of allylic oxidation sites excluding steroid dienone is 3. The molecular weight excluding hydrogens is 394 g/mol. The Morgan fingerprint density at radius 1 is 1.10 bits per heavy atom. The smallest absolute Gasteiger partial charge is 0.336 e. The molecule has 0 aliphatic carbocycles. The summed E-state index contributed by atoms with van der Waals surface area (Å²) in [5.41, 5.74) is 5.13. The lowest BCUT2D eigenvalue weighted by atomic mass is 9.77. The quantitative estimate of drug-likeness (QED) is 0.377. The molecule has 0 fully saturated rings. The number of ether oxygens (including phenoxy) is 1. The zero-order valence-electron chi connectivity index (χ0n) is 17.4. The van der Waals surface area contributed by atoms with Crippen molar-refractivity contribution in [1.29, 1.82) is 0 Å². The number of non-ortho nitro benzene ring substituents is 1. The summed E-state index contributed by atoms with van der Waals surface area (Å²) in [4.78, 5) is 28.3. The molecule has 1 aliphatic heterocycles. The first kappa shape index (κ1) is 20.3. The number of methoxy groups -OCH3 is 1. The van der Waals surface area contributed by atoms with Crippen LogP contribution < -0.4 is 5.32 Å². The number of aromatic nitrogens is 1. The standard InChI is InChI=1S/C24H21N3O4/c1-14-21(19-11-12-25-20-10-5-4-9-18(19)20)23(22(15(2)26-14)24(28)31-3)16-7-6-8-17(13-16)27(29)30/h4-13,23,26H,1-3H3. The van der Waals surface area contributed by atoms with Gasteiger partial charge in [-0.3, -0.25) is 15.1 Å². The summed E-state index contributed by atoms with van der Waals surface area (Å²) < 4.78 is 5.09. The van der Waals surface area contributed by atoms with Crippen molar-refractivity contribution in [2.45, 2.75) is 19.8 Å². The Morgan fingerprint density at radius 2 is 1.87 bits per heavy atom. The molecular formula is C24H21N3O4. The zero-order valence-corrected chi connectivity index (χ0v) is 17.4. The first-order valence-electron chi connectivity index (χ1n) is 9.77. The van der Waals surface area contributed by atoms with Gasteiger partial charge < -0.3 is 10.1 Å². The normalized spacial score (nSPS) is 16.3. The molecule has 0 saturated carbocycles. The summed E-state index contributed by atoms with van der Waals surface area (Å²) in [5.74, 6) is -1.02. The Labute approximate surface area is 179 Å². The van der Waals surface area contributed by atoms with E-state index in [4.69, 9.17) is 4.74 Å². The monoisotopic (exact) mass is 415 g/mol. The number of carbonyl (C=O) groups is 1. The molecule has 7 heteroatoms. The number of nitro groups is 1. The Bertz CT molecular complexity index is 1270. The van der Waals surface area contributed by atoms with Gasteiger partial charge in [-0.25, -0.2) is 4.79 Å². The van der Waals surface area contributed by atoms with Crippen LogP contribution in [0.3, 0.4) is 0 Å². The molecule has 7 nitrogen and oxygen atoms in total. The lowest BCUT2D eigenvalue weighted by Crippen LogP contribution is -2.28.